The molecule has 0 aliphatic heterocycles. The average molecular weight is 434 g/mol. The van der Waals surface area contributed by atoms with Gasteiger partial charge in [-0.2, -0.15) is 0 Å². The van der Waals surface area contributed by atoms with Gasteiger partial charge >= 0.3 is 5.97 Å². The molecular weight excluding hydrogens is 402 g/mol. The summed E-state index contributed by atoms with van der Waals surface area (Å²) in [5.41, 5.74) is 10.3. The van der Waals surface area contributed by atoms with E-state index in [-0.39, 0.29) is 22.5 Å². The van der Waals surface area contributed by atoms with E-state index in [9.17, 15) is 9.59 Å². The number of esters is 1. The molecule has 168 valence electrons. The summed E-state index contributed by atoms with van der Waals surface area (Å²) < 4.78 is 5.05. The van der Waals surface area contributed by atoms with Crippen molar-refractivity contribution in [1.82, 2.24) is 9.97 Å². The van der Waals surface area contributed by atoms with Gasteiger partial charge in [-0.3, -0.25) is 14.6 Å². The molecule has 4 aliphatic rings. The van der Waals surface area contributed by atoms with Gasteiger partial charge in [0.2, 0.25) is 0 Å². The molecule has 32 heavy (non-hydrogen) atoms. The first-order valence-electron chi connectivity index (χ1n) is 11.6. The van der Waals surface area contributed by atoms with E-state index in [1.165, 1.54) is 31.9 Å². The average Bonchev–Trinajstić information content (AvgIpc) is 2.72. The SMILES string of the molecule is COC(=O)CC12CC3CC(C1)CC(c1ccc(-c4nc(C(N)=O)c(C)nc4C)cc1)(C3)C2. The van der Waals surface area contributed by atoms with Gasteiger partial charge in [0.25, 0.3) is 5.91 Å². The van der Waals surface area contributed by atoms with Crippen LogP contribution in [-0.4, -0.2) is 29.0 Å². The Balaban J connectivity index is 1.48. The molecule has 1 heterocycles. The zero-order valence-corrected chi connectivity index (χ0v) is 19.1. The number of ether oxygens (including phenoxy) is 1. The Kier molecular flexibility index (Phi) is 4.88. The first-order valence-corrected chi connectivity index (χ1v) is 11.6. The van der Waals surface area contributed by atoms with Gasteiger partial charge in [0.05, 0.1) is 30.6 Å². The number of hydrogen-bond acceptors (Lipinski definition) is 5. The van der Waals surface area contributed by atoms with Gasteiger partial charge < -0.3 is 10.5 Å². The molecule has 4 aliphatic carbocycles. The van der Waals surface area contributed by atoms with Crippen LogP contribution < -0.4 is 5.73 Å². The normalized spacial score (nSPS) is 30.3. The van der Waals surface area contributed by atoms with Crippen molar-refractivity contribution < 1.29 is 14.3 Å². The second-order valence-electron chi connectivity index (χ2n) is 10.5. The van der Waals surface area contributed by atoms with Crippen molar-refractivity contribution in [1.29, 1.82) is 0 Å². The molecule has 1 aromatic carbocycles. The van der Waals surface area contributed by atoms with Crippen molar-refractivity contribution in [3.63, 3.8) is 0 Å². The number of primary amides is 1. The summed E-state index contributed by atoms with van der Waals surface area (Å²) in [6.07, 6.45) is 7.65. The molecule has 2 atom stereocenters. The third kappa shape index (κ3) is 3.40. The molecule has 6 nitrogen and oxygen atoms in total. The van der Waals surface area contributed by atoms with E-state index >= 15 is 0 Å². The molecule has 2 N–H and O–H groups in total. The van der Waals surface area contributed by atoms with E-state index < -0.39 is 5.91 Å². The van der Waals surface area contributed by atoms with Crippen LogP contribution in [0.15, 0.2) is 24.3 Å². The predicted molar refractivity (Wildman–Crippen MR) is 121 cm³/mol. The summed E-state index contributed by atoms with van der Waals surface area (Å²) in [5, 5.41) is 0. The van der Waals surface area contributed by atoms with Crippen molar-refractivity contribution in [3.8, 4) is 11.3 Å². The van der Waals surface area contributed by atoms with Crippen LogP contribution in [-0.2, 0) is 14.9 Å². The fourth-order valence-corrected chi connectivity index (χ4v) is 7.49. The fraction of sp³-hybridized carbons (Fsp3) is 0.538. The van der Waals surface area contributed by atoms with E-state index in [1.807, 2.05) is 6.92 Å². The van der Waals surface area contributed by atoms with Crippen LogP contribution in [0, 0.1) is 31.1 Å². The summed E-state index contributed by atoms with van der Waals surface area (Å²) in [6.45, 7) is 3.66. The fourth-order valence-electron chi connectivity index (χ4n) is 7.49. The van der Waals surface area contributed by atoms with Gasteiger partial charge in [0, 0.05) is 5.56 Å². The van der Waals surface area contributed by atoms with Crippen molar-refractivity contribution in [3.05, 3.63) is 46.9 Å². The predicted octanol–water partition coefficient (Wildman–Crippen LogP) is 4.26. The molecule has 6 heteroatoms. The summed E-state index contributed by atoms with van der Waals surface area (Å²) >= 11 is 0. The maximum atomic E-state index is 12.2. The van der Waals surface area contributed by atoms with Gasteiger partial charge in [-0.25, -0.2) is 4.98 Å². The van der Waals surface area contributed by atoms with E-state index in [0.717, 1.165) is 30.5 Å². The lowest BCUT2D eigenvalue weighted by Crippen LogP contribution is -2.54. The lowest BCUT2D eigenvalue weighted by Gasteiger charge is -2.62. The van der Waals surface area contributed by atoms with Gasteiger partial charge in [0.1, 0.15) is 5.69 Å². The van der Waals surface area contributed by atoms with E-state index in [2.05, 4.69) is 34.2 Å². The van der Waals surface area contributed by atoms with Crippen LogP contribution in [0.5, 0.6) is 0 Å². The van der Waals surface area contributed by atoms with Crippen LogP contribution in [0.1, 0.15) is 72.4 Å². The molecule has 6 rings (SSSR count). The zero-order chi connectivity index (χ0) is 22.7. The third-order valence-electron chi connectivity index (χ3n) is 8.18. The molecule has 0 saturated heterocycles. The number of rotatable bonds is 5. The second kappa shape index (κ2) is 7.39. The number of benzene rings is 1. The Hall–Kier alpha value is -2.76. The minimum Gasteiger partial charge on any atom is -0.469 e. The molecule has 1 amide bonds. The second-order valence-corrected chi connectivity index (χ2v) is 10.5. The van der Waals surface area contributed by atoms with Crippen LogP contribution in [0.25, 0.3) is 11.3 Å². The van der Waals surface area contributed by atoms with E-state index in [0.29, 0.717) is 29.6 Å². The molecule has 4 bridgehead atoms. The van der Waals surface area contributed by atoms with Gasteiger partial charge in [-0.1, -0.05) is 24.3 Å². The standard InChI is InChI=1S/C26H31N3O3/c1-15-22(29-23(24(27)31)16(2)28-15)19-4-6-20(7-5-19)26-11-17-8-18(12-26)10-25(9-17,14-26)13-21(30)32-3/h4-7,17-18H,8-14H2,1-3H3,(H2,27,31). The summed E-state index contributed by atoms with van der Waals surface area (Å²) in [6, 6.07) is 8.63. The molecular formula is C26H31N3O3. The quantitative estimate of drug-likeness (QED) is 0.711. The number of carbonyl (C=O) groups is 2. The lowest BCUT2D eigenvalue weighted by molar-refractivity contribution is -0.150. The van der Waals surface area contributed by atoms with Crippen molar-refractivity contribution in [2.75, 3.05) is 7.11 Å². The maximum Gasteiger partial charge on any atom is 0.306 e. The van der Waals surface area contributed by atoms with Gasteiger partial charge in [0.15, 0.2) is 0 Å². The summed E-state index contributed by atoms with van der Waals surface area (Å²) in [7, 11) is 1.50. The number of carbonyl (C=O) groups excluding carboxylic acids is 2. The highest BCUT2D eigenvalue weighted by atomic mass is 16.5. The molecule has 2 unspecified atom stereocenters. The maximum absolute atomic E-state index is 12.2. The minimum atomic E-state index is -0.558. The molecule has 4 fully saturated rings. The zero-order valence-electron chi connectivity index (χ0n) is 19.1. The Morgan fingerprint density at radius 3 is 2.28 bits per heavy atom. The summed E-state index contributed by atoms with van der Waals surface area (Å²) in [5.74, 6) is 0.765. The van der Waals surface area contributed by atoms with Gasteiger partial charge in [-0.05, 0) is 80.6 Å². The molecule has 1 aromatic heterocycles. The van der Waals surface area contributed by atoms with Crippen molar-refractivity contribution in [2.45, 2.75) is 64.2 Å². The highest BCUT2D eigenvalue weighted by molar-refractivity contribution is 5.92. The molecule has 4 saturated carbocycles. The Morgan fingerprint density at radius 2 is 1.69 bits per heavy atom. The third-order valence-corrected chi connectivity index (χ3v) is 8.18. The highest BCUT2D eigenvalue weighted by Crippen LogP contribution is 2.66. The Labute approximate surface area is 189 Å². The first-order chi connectivity index (χ1) is 15.2. The highest BCUT2D eigenvalue weighted by Gasteiger charge is 2.58. The van der Waals surface area contributed by atoms with Crippen LogP contribution in [0.2, 0.25) is 0 Å². The van der Waals surface area contributed by atoms with Gasteiger partial charge in [-0.15, -0.1) is 0 Å². The Morgan fingerprint density at radius 1 is 1.03 bits per heavy atom. The number of nitrogens with zero attached hydrogens (tertiary/aromatic N) is 2. The molecule has 2 aromatic rings. The van der Waals surface area contributed by atoms with Crippen LogP contribution in [0.4, 0.5) is 0 Å². The molecule has 0 radical (unpaired) electrons. The number of hydrogen-bond donors (Lipinski definition) is 1. The number of methoxy groups -OCH3 is 1. The number of aromatic nitrogens is 2. The van der Waals surface area contributed by atoms with Crippen molar-refractivity contribution >= 4 is 11.9 Å². The largest absolute Gasteiger partial charge is 0.469 e. The first kappa shape index (κ1) is 21.1. The van der Waals surface area contributed by atoms with E-state index in [4.69, 9.17) is 10.5 Å². The molecule has 0 spiro atoms. The summed E-state index contributed by atoms with van der Waals surface area (Å²) in [4.78, 5) is 33.0. The smallest absolute Gasteiger partial charge is 0.306 e. The minimum absolute atomic E-state index is 0.0730. The number of nitrogens with two attached hydrogens (primary N) is 1. The number of aryl methyl sites for hydroxylation is 2. The van der Waals surface area contributed by atoms with Crippen molar-refractivity contribution in [2.24, 2.45) is 23.0 Å². The van der Waals surface area contributed by atoms with Crippen LogP contribution in [0.3, 0.4) is 0 Å². The lowest BCUT2D eigenvalue weighted by atomic mass is 9.42. The van der Waals surface area contributed by atoms with E-state index in [1.54, 1.807) is 6.92 Å². The monoisotopic (exact) mass is 433 g/mol. The number of amides is 1. The topological polar surface area (TPSA) is 95.2 Å². The Bertz CT molecular complexity index is 1080. The van der Waals surface area contributed by atoms with Crippen LogP contribution >= 0.6 is 0 Å².